The predicted octanol–water partition coefficient (Wildman–Crippen LogP) is 17.9. The monoisotopic (exact) mass is 1020 g/mol. The molecule has 0 unspecified atom stereocenters. The number of fused-ring (bicyclic) bond motifs is 12. The van der Waals surface area contributed by atoms with E-state index in [0.29, 0.717) is 0 Å². The second-order valence-electron chi connectivity index (χ2n) is 19.3. The van der Waals surface area contributed by atoms with Gasteiger partial charge in [-0.2, -0.15) is 0 Å². The maximum Gasteiger partial charge on any atom is 0.155 e. The third-order valence-corrected chi connectivity index (χ3v) is 21.5. The summed E-state index contributed by atoms with van der Waals surface area (Å²) in [6.07, 6.45) is 0. The van der Waals surface area contributed by atoms with Gasteiger partial charge in [0.2, 0.25) is 0 Å². The van der Waals surface area contributed by atoms with E-state index in [-0.39, 0.29) is 0 Å². The van der Waals surface area contributed by atoms with Crippen LogP contribution in [0.5, 0.6) is 0 Å². The van der Waals surface area contributed by atoms with Crippen molar-refractivity contribution in [3.05, 3.63) is 223 Å². The zero-order valence-corrected chi connectivity index (χ0v) is 44.1. The van der Waals surface area contributed by atoms with Crippen molar-refractivity contribution in [2.24, 2.45) is 0 Å². The molecule has 10 heteroatoms. The van der Waals surface area contributed by atoms with Crippen LogP contribution in [0.25, 0.3) is 81.5 Å². The molecule has 15 rings (SSSR count). The van der Waals surface area contributed by atoms with E-state index < -0.39 is 10.8 Å². The first-order chi connectivity index (χ1) is 34.6. The lowest BCUT2D eigenvalue weighted by Gasteiger charge is -2.35. The van der Waals surface area contributed by atoms with E-state index in [1.165, 1.54) is 119 Å². The number of thiophene rings is 2. The van der Waals surface area contributed by atoms with Gasteiger partial charge in [0.25, 0.3) is 0 Å². The molecular formula is C61H40N4S6. The lowest BCUT2D eigenvalue weighted by molar-refractivity contribution is 0.758. The molecule has 13 aromatic rings. The lowest BCUT2D eigenvalue weighted by Crippen LogP contribution is -2.30. The van der Waals surface area contributed by atoms with Crippen molar-refractivity contribution in [3.63, 3.8) is 0 Å². The van der Waals surface area contributed by atoms with Gasteiger partial charge in [0, 0.05) is 20.5 Å². The number of nitrogens with zero attached hydrogens (tertiary/aromatic N) is 4. The molecule has 0 atom stereocenters. The summed E-state index contributed by atoms with van der Waals surface area (Å²) in [6.45, 7) is 10.8. The highest BCUT2D eigenvalue weighted by atomic mass is 32.1. The fraction of sp³-hybridized carbons (Fsp3) is 0.115. The highest BCUT2D eigenvalue weighted by Gasteiger charge is 2.52. The lowest BCUT2D eigenvalue weighted by atomic mass is 9.65. The van der Waals surface area contributed by atoms with Gasteiger partial charge >= 0.3 is 0 Å². The molecule has 2 aliphatic rings. The van der Waals surface area contributed by atoms with E-state index in [0.717, 1.165) is 34.3 Å². The van der Waals surface area contributed by atoms with Crippen molar-refractivity contribution in [2.45, 2.75) is 45.4 Å². The van der Waals surface area contributed by atoms with Crippen molar-refractivity contribution in [3.8, 4) is 42.0 Å². The minimum atomic E-state index is -0.627. The maximum absolute atomic E-state index is 5.18. The van der Waals surface area contributed by atoms with Crippen molar-refractivity contribution in [2.75, 3.05) is 0 Å². The van der Waals surface area contributed by atoms with E-state index in [9.17, 15) is 0 Å². The predicted molar refractivity (Wildman–Crippen MR) is 304 cm³/mol. The second-order valence-corrected chi connectivity index (χ2v) is 25.4. The van der Waals surface area contributed by atoms with Crippen LogP contribution in [-0.4, -0.2) is 19.9 Å². The largest absolute Gasteiger partial charge is 0.232 e. The van der Waals surface area contributed by atoms with Crippen molar-refractivity contribution < 1.29 is 0 Å². The normalized spacial score (nSPS) is 14.2. The third kappa shape index (κ3) is 5.92. The van der Waals surface area contributed by atoms with Crippen LogP contribution in [-0.2, 0) is 10.8 Å². The Bertz CT molecular complexity index is 4180. The smallest absolute Gasteiger partial charge is 0.155 e. The molecular weight excluding hydrogens is 981 g/mol. The van der Waals surface area contributed by atoms with Gasteiger partial charge in [-0.15, -0.1) is 34.0 Å². The van der Waals surface area contributed by atoms with Crippen LogP contribution in [0.1, 0.15) is 71.8 Å². The summed E-state index contributed by atoms with van der Waals surface area (Å²) < 4.78 is 2.58. The molecule has 340 valence electrons. The summed E-state index contributed by atoms with van der Waals surface area (Å²) in [7, 11) is 0. The van der Waals surface area contributed by atoms with Gasteiger partial charge in [0.15, 0.2) is 19.3 Å². The average molecular weight is 1020 g/mol. The molecule has 0 radical (unpaired) electrons. The van der Waals surface area contributed by atoms with Crippen LogP contribution in [0.15, 0.2) is 151 Å². The molecule has 2 aliphatic carbocycles. The Labute approximate surface area is 434 Å². The Morgan fingerprint density at radius 2 is 0.775 bits per heavy atom. The maximum atomic E-state index is 5.18. The van der Waals surface area contributed by atoms with Crippen LogP contribution in [0.2, 0.25) is 0 Å². The fourth-order valence-corrected chi connectivity index (χ4v) is 18.1. The van der Waals surface area contributed by atoms with Gasteiger partial charge in [-0.1, -0.05) is 178 Å². The van der Waals surface area contributed by atoms with E-state index in [2.05, 4.69) is 185 Å². The first-order valence-electron chi connectivity index (χ1n) is 23.7. The molecule has 71 heavy (non-hydrogen) atoms. The minimum absolute atomic E-state index is 0.626. The first-order valence-corrected chi connectivity index (χ1v) is 28.7. The number of hydrogen-bond donors (Lipinski definition) is 0. The zero-order valence-electron chi connectivity index (χ0n) is 39.2. The standard InChI is InChI=1S/C61H40N4S6/c1-31-6-16-38(17-7-31)60(39-18-8-32(2)9-19-39)44-24-14-36-26-48(54-64-57-56(70-54)62-30-66-57)68-52(36)50(44)42-28-47-43(29-46(42)60)51-45(61(47,40-20-10-33(3)11-21-40)41-22-12-34(4)13-23-41)25-15-37-27-49(69-53(37)51)55-65-59-58(71-55)63-35(5)67-59/h6-30H,1-5H3. The van der Waals surface area contributed by atoms with E-state index in [1.807, 2.05) is 28.2 Å². The van der Waals surface area contributed by atoms with Crippen molar-refractivity contribution in [1.29, 1.82) is 0 Å². The summed E-state index contributed by atoms with van der Waals surface area (Å²) in [5.41, 5.74) is 21.1. The average Bonchev–Trinajstić information content (AvgIpc) is 4.25. The highest BCUT2D eigenvalue weighted by molar-refractivity contribution is 7.31. The van der Waals surface area contributed by atoms with Gasteiger partial charge in [-0.25, -0.2) is 19.9 Å². The number of benzene rings is 7. The number of thiazole rings is 4. The third-order valence-electron chi connectivity index (χ3n) is 15.0. The zero-order chi connectivity index (χ0) is 47.5. The molecule has 6 heterocycles. The van der Waals surface area contributed by atoms with Crippen molar-refractivity contribution >= 4 is 108 Å². The van der Waals surface area contributed by atoms with E-state index in [4.69, 9.17) is 15.0 Å². The highest BCUT2D eigenvalue weighted by Crippen LogP contribution is 2.65. The first kappa shape index (κ1) is 42.2. The number of aromatic nitrogens is 4. The molecule has 0 amide bonds. The van der Waals surface area contributed by atoms with Crippen molar-refractivity contribution in [1.82, 2.24) is 19.9 Å². The quantitative estimate of drug-likeness (QED) is 0.167. The van der Waals surface area contributed by atoms with Crippen LogP contribution >= 0.6 is 68.0 Å². The summed E-state index contributed by atoms with van der Waals surface area (Å²) in [6, 6.07) is 57.1. The molecule has 6 aromatic heterocycles. The molecule has 0 saturated carbocycles. The van der Waals surface area contributed by atoms with Gasteiger partial charge in [-0.05, 0) is 125 Å². The van der Waals surface area contributed by atoms with Crippen LogP contribution in [0.4, 0.5) is 0 Å². The van der Waals surface area contributed by atoms with Crippen LogP contribution in [0, 0.1) is 34.6 Å². The number of aryl methyl sites for hydroxylation is 5. The summed E-state index contributed by atoms with van der Waals surface area (Å²) in [5, 5.41) is 5.58. The number of hydrogen-bond acceptors (Lipinski definition) is 10. The molecule has 0 bridgehead atoms. The van der Waals surface area contributed by atoms with Gasteiger partial charge in [0.1, 0.15) is 10.0 Å². The molecule has 0 saturated heterocycles. The van der Waals surface area contributed by atoms with Crippen LogP contribution in [0.3, 0.4) is 0 Å². The number of rotatable bonds is 6. The molecule has 4 nitrogen and oxygen atoms in total. The topological polar surface area (TPSA) is 51.6 Å². The summed E-state index contributed by atoms with van der Waals surface area (Å²) in [5.74, 6) is 0. The van der Waals surface area contributed by atoms with E-state index >= 15 is 0 Å². The Morgan fingerprint density at radius 1 is 0.366 bits per heavy atom. The summed E-state index contributed by atoms with van der Waals surface area (Å²) in [4.78, 5) is 26.2. The molecule has 0 spiro atoms. The van der Waals surface area contributed by atoms with Gasteiger partial charge in [0.05, 0.1) is 31.1 Å². The van der Waals surface area contributed by atoms with Crippen LogP contribution < -0.4 is 0 Å². The molecule has 0 N–H and O–H groups in total. The molecule has 0 aliphatic heterocycles. The van der Waals surface area contributed by atoms with Gasteiger partial charge in [-0.3, -0.25) is 0 Å². The Balaban J connectivity index is 1.10. The minimum Gasteiger partial charge on any atom is -0.232 e. The summed E-state index contributed by atoms with van der Waals surface area (Å²) >= 11 is 10.4. The second kappa shape index (κ2) is 15.3. The SMILES string of the molecule is Cc1ccc(C2(c3ccc(C)cc3)c3cc4c(cc3-c3c2ccc2cc(-c5nc6scnc6s5)sc32)C(c2ccc(C)cc2)(c2ccc(C)cc2)c2ccc3cc(-c5nc6sc(C)nc6s5)sc3c2-4)cc1. The Morgan fingerprint density at radius 3 is 1.20 bits per heavy atom. The molecule has 7 aromatic carbocycles. The fourth-order valence-electron chi connectivity index (χ4n) is 11.8. The molecule has 0 fully saturated rings. The Kier molecular flexibility index (Phi) is 9.07. The Hall–Kier alpha value is -6.50. The van der Waals surface area contributed by atoms with Gasteiger partial charge < -0.3 is 0 Å². The van der Waals surface area contributed by atoms with E-state index in [1.54, 1.807) is 45.3 Å².